The van der Waals surface area contributed by atoms with Crippen molar-refractivity contribution in [3.63, 3.8) is 0 Å². The molecule has 0 saturated carbocycles. The molecule has 0 spiro atoms. The third-order valence-electron chi connectivity index (χ3n) is 1.81. The Hall–Kier alpha value is -1.33. The summed E-state index contributed by atoms with van der Waals surface area (Å²) in [5, 5.41) is 5.01. The van der Waals surface area contributed by atoms with Crippen LogP contribution in [0.1, 0.15) is 10.6 Å². The first-order chi connectivity index (χ1) is 7.38. The largest absolute Gasteiger partial charge is 0.444 e. The van der Waals surface area contributed by atoms with Gasteiger partial charge in [0.25, 0.3) is 0 Å². The molecule has 0 amide bonds. The zero-order valence-corrected chi connectivity index (χ0v) is 9.21. The number of nitrogens with one attached hydrogen (secondary N) is 1. The van der Waals surface area contributed by atoms with Gasteiger partial charge in [0, 0.05) is 11.4 Å². The zero-order valence-electron chi connectivity index (χ0n) is 8.40. The van der Waals surface area contributed by atoms with Gasteiger partial charge in [0.1, 0.15) is 12.9 Å². The van der Waals surface area contributed by atoms with Crippen molar-refractivity contribution in [1.29, 1.82) is 0 Å². The van der Waals surface area contributed by atoms with Crippen LogP contribution in [0.5, 0.6) is 6.08 Å². The number of oxazole rings is 1. The monoisotopic (exact) mass is 224 g/mol. The molecular formula is C10H12N2O2S. The summed E-state index contributed by atoms with van der Waals surface area (Å²) in [6.45, 7) is 1.20. The van der Waals surface area contributed by atoms with Crippen LogP contribution >= 0.6 is 11.3 Å². The third-order valence-corrected chi connectivity index (χ3v) is 2.66. The second-order valence-electron chi connectivity index (χ2n) is 3.00. The number of thiophene rings is 1. The van der Waals surface area contributed by atoms with Crippen LogP contribution < -0.4 is 10.1 Å². The lowest BCUT2D eigenvalue weighted by molar-refractivity contribution is 0.222. The fraction of sp³-hybridized carbons (Fsp3) is 0.300. The quantitative estimate of drug-likeness (QED) is 0.844. The number of aromatic nitrogens is 1. The highest BCUT2D eigenvalue weighted by molar-refractivity contribution is 7.09. The average molecular weight is 224 g/mol. The number of hydrogen-bond acceptors (Lipinski definition) is 5. The van der Waals surface area contributed by atoms with Crippen molar-refractivity contribution in [1.82, 2.24) is 10.3 Å². The molecule has 0 atom stereocenters. The standard InChI is InChI=1S/C10H12N2O2S/c1-11-5-8-6-13-10(12-8)14-7-9-3-2-4-15-9/h2-4,6,11H,5,7H2,1H3. The van der Waals surface area contributed by atoms with Crippen molar-refractivity contribution in [3.05, 3.63) is 34.3 Å². The van der Waals surface area contributed by atoms with E-state index < -0.39 is 0 Å². The van der Waals surface area contributed by atoms with Gasteiger partial charge in [-0.25, -0.2) is 0 Å². The Labute approximate surface area is 91.9 Å². The first-order valence-corrected chi connectivity index (χ1v) is 5.50. The van der Waals surface area contributed by atoms with E-state index in [0.717, 1.165) is 10.6 Å². The maximum absolute atomic E-state index is 5.38. The van der Waals surface area contributed by atoms with Gasteiger partial charge in [0.05, 0.1) is 5.69 Å². The normalized spacial score (nSPS) is 10.5. The molecule has 2 aromatic rings. The highest BCUT2D eigenvalue weighted by atomic mass is 32.1. The van der Waals surface area contributed by atoms with Gasteiger partial charge >= 0.3 is 6.08 Å². The molecule has 80 valence electrons. The molecule has 4 nitrogen and oxygen atoms in total. The number of hydrogen-bond donors (Lipinski definition) is 1. The highest BCUT2D eigenvalue weighted by Gasteiger charge is 2.04. The maximum atomic E-state index is 5.38. The van der Waals surface area contributed by atoms with E-state index >= 15 is 0 Å². The maximum Gasteiger partial charge on any atom is 0.394 e. The van der Waals surface area contributed by atoms with E-state index in [-0.39, 0.29) is 0 Å². The Morgan fingerprint density at radius 2 is 2.53 bits per heavy atom. The molecule has 0 saturated heterocycles. The molecule has 2 rings (SSSR count). The Balaban J connectivity index is 1.88. The van der Waals surface area contributed by atoms with Gasteiger partial charge in [-0.2, -0.15) is 4.98 Å². The lowest BCUT2D eigenvalue weighted by Gasteiger charge is -1.97. The molecule has 0 unspecified atom stereocenters. The number of rotatable bonds is 5. The van der Waals surface area contributed by atoms with Gasteiger partial charge in [-0.1, -0.05) is 6.07 Å². The Morgan fingerprint density at radius 3 is 3.27 bits per heavy atom. The summed E-state index contributed by atoms with van der Waals surface area (Å²) in [5.74, 6) is 0. The molecule has 0 bridgehead atoms. The summed E-state index contributed by atoms with van der Waals surface area (Å²) in [7, 11) is 1.86. The van der Waals surface area contributed by atoms with E-state index in [1.54, 1.807) is 17.6 Å². The van der Waals surface area contributed by atoms with Crippen LogP contribution in [0.3, 0.4) is 0 Å². The number of nitrogens with zero attached hydrogens (tertiary/aromatic N) is 1. The van der Waals surface area contributed by atoms with E-state index in [4.69, 9.17) is 9.15 Å². The lowest BCUT2D eigenvalue weighted by atomic mass is 10.5. The minimum Gasteiger partial charge on any atom is -0.444 e. The second kappa shape index (κ2) is 4.95. The first kappa shape index (κ1) is 10.2. The van der Waals surface area contributed by atoms with E-state index in [1.165, 1.54) is 0 Å². The average Bonchev–Trinajstić information content (AvgIpc) is 2.85. The summed E-state index contributed by atoms with van der Waals surface area (Å²) >= 11 is 1.65. The Bertz CT molecular complexity index is 397. The fourth-order valence-electron chi connectivity index (χ4n) is 1.14. The predicted octanol–water partition coefficient (Wildman–Crippen LogP) is 2.03. The van der Waals surface area contributed by atoms with E-state index in [9.17, 15) is 0 Å². The SMILES string of the molecule is CNCc1coc(OCc2cccs2)n1. The van der Waals surface area contributed by atoms with Gasteiger partial charge in [0.2, 0.25) is 0 Å². The zero-order chi connectivity index (χ0) is 10.5. The van der Waals surface area contributed by atoms with E-state index in [1.807, 2.05) is 24.6 Å². The lowest BCUT2D eigenvalue weighted by Crippen LogP contribution is -2.05. The van der Waals surface area contributed by atoms with Crippen LogP contribution in [-0.2, 0) is 13.2 Å². The summed E-state index contributed by atoms with van der Waals surface area (Å²) in [4.78, 5) is 5.31. The Kier molecular flexibility index (Phi) is 3.37. The second-order valence-corrected chi connectivity index (χ2v) is 4.04. The van der Waals surface area contributed by atoms with E-state index in [2.05, 4.69) is 10.3 Å². The van der Waals surface area contributed by atoms with Crippen LogP contribution in [0.2, 0.25) is 0 Å². The molecule has 0 aromatic carbocycles. The Morgan fingerprint density at radius 1 is 1.60 bits per heavy atom. The van der Waals surface area contributed by atoms with Crippen LogP contribution in [-0.4, -0.2) is 12.0 Å². The molecule has 15 heavy (non-hydrogen) atoms. The minimum absolute atomic E-state index is 0.327. The molecule has 0 aliphatic carbocycles. The number of ether oxygens (including phenoxy) is 1. The third kappa shape index (κ3) is 2.81. The van der Waals surface area contributed by atoms with Crippen LogP contribution in [0.15, 0.2) is 28.2 Å². The summed E-state index contributed by atoms with van der Waals surface area (Å²) < 4.78 is 10.5. The molecular weight excluding hydrogens is 212 g/mol. The van der Waals surface area contributed by atoms with Crippen molar-refractivity contribution in [2.24, 2.45) is 0 Å². The molecule has 2 heterocycles. The van der Waals surface area contributed by atoms with Crippen molar-refractivity contribution >= 4 is 11.3 Å². The van der Waals surface area contributed by atoms with Crippen molar-refractivity contribution in [2.45, 2.75) is 13.2 Å². The summed E-state index contributed by atoms with van der Waals surface area (Å²) in [6, 6.07) is 4.01. The van der Waals surface area contributed by atoms with Gasteiger partial charge in [-0.05, 0) is 18.5 Å². The van der Waals surface area contributed by atoms with Gasteiger partial charge in [-0.15, -0.1) is 11.3 Å². The smallest absolute Gasteiger partial charge is 0.394 e. The van der Waals surface area contributed by atoms with Crippen LogP contribution in [0.4, 0.5) is 0 Å². The molecule has 1 N–H and O–H groups in total. The van der Waals surface area contributed by atoms with Gasteiger partial charge in [-0.3, -0.25) is 0 Å². The van der Waals surface area contributed by atoms with Crippen LogP contribution in [0, 0.1) is 0 Å². The summed E-state index contributed by atoms with van der Waals surface area (Å²) in [6.07, 6.45) is 1.92. The van der Waals surface area contributed by atoms with E-state index in [0.29, 0.717) is 19.2 Å². The molecule has 0 radical (unpaired) electrons. The van der Waals surface area contributed by atoms with Crippen molar-refractivity contribution < 1.29 is 9.15 Å². The first-order valence-electron chi connectivity index (χ1n) is 4.62. The predicted molar refractivity (Wildman–Crippen MR) is 57.9 cm³/mol. The highest BCUT2D eigenvalue weighted by Crippen LogP contribution is 2.14. The van der Waals surface area contributed by atoms with Crippen molar-refractivity contribution in [2.75, 3.05) is 7.05 Å². The molecule has 0 fully saturated rings. The molecule has 5 heteroatoms. The summed E-state index contributed by atoms with van der Waals surface area (Å²) in [5.41, 5.74) is 0.846. The van der Waals surface area contributed by atoms with Gasteiger partial charge in [0.15, 0.2) is 0 Å². The van der Waals surface area contributed by atoms with Gasteiger partial charge < -0.3 is 14.5 Å². The van der Waals surface area contributed by atoms with Crippen molar-refractivity contribution in [3.8, 4) is 6.08 Å². The molecule has 0 aliphatic heterocycles. The van der Waals surface area contributed by atoms with Crippen LogP contribution in [0.25, 0.3) is 0 Å². The minimum atomic E-state index is 0.327. The topological polar surface area (TPSA) is 47.3 Å². The molecule has 2 aromatic heterocycles. The molecule has 0 aliphatic rings. The fourth-order valence-corrected chi connectivity index (χ4v) is 1.76.